The molecule has 1 aromatic rings. The molecule has 1 unspecified atom stereocenters. The average Bonchev–Trinajstić information content (AvgIpc) is 3.33. The van der Waals surface area contributed by atoms with E-state index in [1.54, 1.807) is 6.07 Å². The van der Waals surface area contributed by atoms with Crippen molar-refractivity contribution in [2.24, 2.45) is 10.9 Å². The zero-order chi connectivity index (χ0) is 17.6. The van der Waals surface area contributed by atoms with Crippen LogP contribution >= 0.6 is 0 Å². The van der Waals surface area contributed by atoms with Gasteiger partial charge in [0.25, 0.3) is 0 Å². The molecule has 0 bridgehead atoms. The largest absolute Gasteiger partial charge is 0.357 e. The molecule has 0 aromatic heterocycles. The predicted octanol–water partition coefficient (Wildman–Crippen LogP) is 2.72. The van der Waals surface area contributed by atoms with Gasteiger partial charge in [0.2, 0.25) is 0 Å². The Hall–Kier alpha value is -1.62. The lowest BCUT2D eigenvalue weighted by Gasteiger charge is -2.15. The Bertz CT molecular complexity index is 597. The van der Waals surface area contributed by atoms with Gasteiger partial charge in [0, 0.05) is 32.2 Å². The third-order valence-electron chi connectivity index (χ3n) is 5.22. The quantitative estimate of drug-likeness (QED) is 0.589. The lowest BCUT2D eigenvalue weighted by atomic mass is 10.1. The van der Waals surface area contributed by atoms with Crippen LogP contribution in [0.15, 0.2) is 23.2 Å². The number of hydrogen-bond acceptors (Lipinski definition) is 2. The second kappa shape index (κ2) is 8.65. The van der Waals surface area contributed by atoms with E-state index in [9.17, 15) is 4.39 Å². The van der Waals surface area contributed by atoms with Crippen LogP contribution in [-0.4, -0.2) is 49.6 Å². The zero-order valence-electron chi connectivity index (χ0n) is 15.5. The van der Waals surface area contributed by atoms with Crippen LogP contribution in [0.1, 0.15) is 37.3 Å². The van der Waals surface area contributed by atoms with Crippen molar-refractivity contribution in [2.45, 2.75) is 45.6 Å². The first-order chi connectivity index (χ1) is 12.2. The van der Waals surface area contributed by atoms with Gasteiger partial charge in [-0.2, -0.15) is 0 Å². The average molecular weight is 346 g/mol. The van der Waals surface area contributed by atoms with Crippen LogP contribution in [0.3, 0.4) is 0 Å². The number of guanidine groups is 1. The molecular formula is C20H31FN4. The molecule has 3 rings (SSSR count). The Morgan fingerprint density at radius 2 is 2.12 bits per heavy atom. The third kappa shape index (κ3) is 5.43. The van der Waals surface area contributed by atoms with E-state index < -0.39 is 0 Å². The number of halogens is 1. The topological polar surface area (TPSA) is 39.7 Å². The Labute approximate surface area is 150 Å². The summed E-state index contributed by atoms with van der Waals surface area (Å²) in [5.41, 5.74) is 2.19. The van der Waals surface area contributed by atoms with Gasteiger partial charge in [0.1, 0.15) is 5.82 Å². The van der Waals surface area contributed by atoms with Crippen LogP contribution in [-0.2, 0) is 6.42 Å². The summed E-state index contributed by atoms with van der Waals surface area (Å²) in [6, 6.07) is 5.88. The molecule has 1 aliphatic heterocycles. The number of nitrogens with one attached hydrogen (secondary N) is 2. The standard InChI is InChI=1S/C20H31FN4/c1-3-22-20(23-10-8-17-4-5-18(21)12-15(17)2)24-13-16-9-11-25(14-16)19-6-7-19/h4-5,12,16,19H,3,6-11,13-14H2,1-2H3,(H2,22,23,24). The fraction of sp³-hybridized carbons (Fsp3) is 0.650. The molecule has 2 aliphatic rings. The molecule has 5 heteroatoms. The molecule has 2 fully saturated rings. The van der Waals surface area contributed by atoms with E-state index in [2.05, 4.69) is 22.5 Å². The van der Waals surface area contributed by atoms with E-state index >= 15 is 0 Å². The number of likely N-dealkylation sites (tertiary alicyclic amines) is 1. The number of aliphatic imine (C=N–C) groups is 1. The van der Waals surface area contributed by atoms with Crippen molar-refractivity contribution in [1.82, 2.24) is 15.5 Å². The first-order valence-electron chi connectivity index (χ1n) is 9.67. The fourth-order valence-corrected chi connectivity index (χ4v) is 3.60. The summed E-state index contributed by atoms with van der Waals surface area (Å²) < 4.78 is 13.2. The van der Waals surface area contributed by atoms with Gasteiger partial charge in [-0.1, -0.05) is 6.07 Å². The molecule has 0 radical (unpaired) electrons. The molecule has 1 saturated heterocycles. The van der Waals surface area contributed by atoms with E-state index in [-0.39, 0.29) is 5.82 Å². The predicted molar refractivity (Wildman–Crippen MR) is 102 cm³/mol. The van der Waals surface area contributed by atoms with E-state index in [1.165, 1.54) is 44.0 Å². The maximum absolute atomic E-state index is 13.2. The van der Waals surface area contributed by atoms with Crippen LogP contribution in [0.4, 0.5) is 4.39 Å². The number of nitrogens with zero attached hydrogens (tertiary/aromatic N) is 2. The van der Waals surface area contributed by atoms with Gasteiger partial charge in [0.05, 0.1) is 0 Å². The van der Waals surface area contributed by atoms with Gasteiger partial charge in [-0.15, -0.1) is 0 Å². The normalized spacial score (nSPS) is 21.6. The molecule has 0 amide bonds. The highest BCUT2D eigenvalue weighted by atomic mass is 19.1. The minimum absolute atomic E-state index is 0.166. The molecule has 25 heavy (non-hydrogen) atoms. The molecule has 1 saturated carbocycles. The minimum atomic E-state index is -0.166. The molecule has 2 N–H and O–H groups in total. The van der Waals surface area contributed by atoms with Gasteiger partial charge in [0.15, 0.2) is 5.96 Å². The van der Waals surface area contributed by atoms with Crippen molar-refractivity contribution in [3.8, 4) is 0 Å². The highest BCUT2D eigenvalue weighted by molar-refractivity contribution is 5.79. The molecule has 1 aromatic carbocycles. The molecule has 1 atom stereocenters. The lowest BCUT2D eigenvalue weighted by molar-refractivity contribution is 0.315. The molecule has 4 nitrogen and oxygen atoms in total. The van der Waals surface area contributed by atoms with Gasteiger partial charge >= 0.3 is 0 Å². The fourth-order valence-electron chi connectivity index (χ4n) is 3.60. The molecule has 1 aliphatic carbocycles. The minimum Gasteiger partial charge on any atom is -0.357 e. The summed E-state index contributed by atoms with van der Waals surface area (Å²) >= 11 is 0. The van der Waals surface area contributed by atoms with E-state index in [0.29, 0.717) is 5.92 Å². The molecule has 0 spiro atoms. The van der Waals surface area contributed by atoms with Crippen molar-refractivity contribution >= 4 is 5.96 Å². The highest BCUT2D eigenvalue weighted by Gasteiger charge is 2.34. The van der Waals surface area contributed by atoms with Gasteiger partial charge in [-0.05, 0) is 75.3 Å². The monoisotopic (exact) mass is 346 g/mol. The summed E-state index contributed by atoms with van der Waals surface area (Å²) in [4.78, 5) is 7.42. The first-order valence-corrected chi connectivity index (χ1v) is 9.67. The maximum Gasteiger partial charge on any atom is 0.191 e. The van der Waals surface area contributed by atoms with Crippen LogP contribution < -0.4 is 10.6 Å². The molecular weight excluding hydrogens is 315 g/mol. The van der Waals surface area contributed by atoms with Crippen molar-refractivity contribution < 1.29 is 4.39 Å². The van der Waals surface area contributed by atoms with Gasteiger partial charge in [-0.25, -0.2) is 4.39 Å². The van der Waals surface area contributed by atoms with E-state index in [4.69, 9.17) is 4.99 Å². The highest BCUT2D eigenvalue weighted by Crippen LogP contribution is 2.31. The summed E-state index contributed by atoms with van der Waals surface area (Å²) in [5, 5.41) is 6.74. The number of aryl methyl sites for hydroxylation is 1. The van der Waals surface area contributed by atoms with Crippen LogP contribution in [0.5, 0.6) is 0 Å². The number of benzene rings is 1. The van der Waals surface area contributed by atoms with E-state index in [1.807, 2.05) is 13.0 Å². The van der Waals surface area contributed by atoms with Crippen molar-refractivity contribution in [3.05, 3.63) is 35.1 Å². The second-order valence-corrected chi connectivity index (χ2v) is 7.35. The van der Waals surface area contributed by atoms with Gasteiger partial charge in [-0.3, -0.25) is 4.99 Å². The summed E-state index contributed by atoms with van der Waals surface area (Å²) in [6.07, 6.45) is 4.93. The Kier molecular flexibility index (Phi) is 6.29. The van der Waals surface area contributed by atoms with Crippen molar-refractivity contribution in [2.75, 3.05) is 32.7 Å². The third-order valence-corrected chi connectivity index (χ3v) is 5.22. The maximum atomic E-state index is 13.2. The Morgan fingerprint density at radius 1 is 1.28 bits per heavy atom. The second-order valence-electron chi connectivity index (χ2n) is 7.35. The smallest absolute Gasteiger partial charge is 0.191 e. The van der Waals surface area contributed by atoms with Crippen LogP contribution in [0.2, 0.25) is 0 Å². The van der Waals surface area contributed by atoms with Crippen molar-refractivity contribution in [3.63, 3.8) is 0 Å². The zero-order valence-corrected chi connectivity index (χ0v) is 15.5. The summed E-state index contributed by atoms with van der Waals surface area (Å²) in [5.74, 6) is 1.42. The first kappa shape index (κ1) is 18.2. The Morgan fingerprint density at radius 3 is 2.84 bits per heavy atom. The summed E-state index contributed by atoms with van der Waals surface area (Å²) in [7, 11) is 0. The SMILES string of the molecule is CCNC(=NCC1CCN(C2CC2)C1)NCCc1ccc(F)cc1C. The molecule has 138 valence electrons. The summed E-state index contributed by atoms with van der Waals surface area (Å²) in [6.45, 7) is 9.07. The van der Waals surface area contributed by atoms with Gasteiger partial charge < -0.3 is 15.5 Å². The Balaban J connectivity index is 1.45. The van der Waals surface area contributed by atoms with Crippen LogP contribution in [0, 0.1) is 18.7 Å². The lowest BCUT2D eigenvalue weighted by Crippen LogP contribution is -2.38. The number of hydrogen-bond donors (Lipinski definition) is 2. The number of rotatable bonds is 7. The van der Waals surface area contributed by atoms with E-state index in [0.717, 1.165) is 43.6 Å². The van der Waals surface area contributed by atoms with Crippen LogP contribution in [0.25, 0.3) is 0 Å². The molecule has 1 heterocycles. The van der Waals surface area contributed by atoms with Crippen molar-refractivity contribution in [1.29, 1.82) is 0 Å².